The number of piperidine rings is 1. The minimum Gasteiger partial charge on any atom is -0.424 e. The molecule has 1 saturated carbocycles. The fraction of sp³-hybridized carbons (Fsp3) is 0.333. The van der Waals surface area contributed by atoms with E-state index in [-0.39, 0.29) is 23.9 Å². The van der Waals surface area contributed by atoms with Crippen molar-refractivity contribution in [3.8, 4) is 22.9 Å². The molecule has 6 nitrogen and oxygen atoms in total. The molecule has 2 fully saturated rings. The number of benzene rings is 2. The van der Waals surface area contributed by atoms with E-state index in [1.54, 1.807) is 25.2 Å². The third-order valence-electron chi connectivity index (χ3n) is 6.92. The molecule has 2 bridgehead atoms. The molecule has 32 heavy (non-hydrogen) atoms. The zero-order valence-electron chi connectivity index (χ0n) is 17.6. The van der Waals surface area contributed by atoms with Gasteiger partial charge in [-0.25, -0.2) is 8.78 Å². The summed E-state index contributed by atoms with van der Waals surface area (Å²) in [6, 6.07) is 9.62. The highest BCUT2D eigenvalue weighted by Crippen LogP contribution is 2.49. The van der Waals surface area contributed by atoms with Gasteiger partial charge in [0.05, 0.1) is 5.69 Å². The Kier molecular flexibility index (Phi) is 4.33. The maximum atomic E-state index is 14.4. The average molecular weight is 435 g/mol. The van der Waals surface area contributed by atoms with Crippen LogP contribution >= 0.6 is 0 Å². The van der Waals surface area contributed by atoms with Gasteiger partial charge in [-0.15, -0.1) is 0 Å². The second-order valence-electron chi connectivity index (χ2n) is 8.82. The van der Waals surface area contributed by atoms with Crippen molar-refractivity contribution in [2.75, 3.05) is 23.8 Å². The molecule has 1 unspecified atom stereocenters. The number of hydrogen-bond acceptors (Lipinski definition) is 6. The van der Waals surface area contributed by atoms with E-state index in [4.69, 9.17) is 15.5 Å². The van der Waals surface area contributed by atoms with Crippen LogP contribution in [0.2, 0.25) is 0 Å². The lowest BCUT2D eigenvalue weighted by molar-refractivity contribution is 0.433. The molecule has 1 aliphatic heterocycles. The maximum absolute atomic E-state index is 14.4. The van der Waals surface area contributed by atoms with Gasteiger partial charge in [0.2, 0.25) is 0 Å². The Morgan fingerprint density at radius 3 is 2.72 bits per heavy atom. The first-order chi connectivity index (χ1) is 15.5. The van der Waals surface area contributed by atoms with E-state index in [1.807, 2.05) is 0 Å². The smallest absolute Gasteiger partial charge is 0.324 e. The van der Waals surface area contributed by atoms with Crippen molar-refractivity contribution < 1.29 is 13.5 Å². The number of halogens is 2. The van der Waals surface area contributed by atoms with Gasteiger partial charge >= 0.3 is 6.01 Å². The van der Waals surface area contributed by atoms with Gasteiger partial charge in [0.15, 0.2) is 0 Å². The highest BCUT2D eigenvalue weighted by molar-refractivity contribution is 5.88. The van der Waals surface area contributed by atoms with E-state index in [0.717, 1.165) is 53.3 Å². The lowest BCUT2D eigenvalue weighted by Gasteiger charge is -2.32. The van der Waals surface area contributed by atoms with Crippen molar-refractivity contribution in [3.63, 3.8) is 0 Å². The Labute approximate surface area is 184 Å². The van der Waals surface area contributed by atoms with Crippen LogP contribution in [0.25, 0.3) is 11.1 Å². The molecule has 0 radical (unpaired) electrons. The van der Waals surface area contributed by atoms with Crippen LogP contribution in [0.1, 0.15) is 24.1 Å². The van der Waals surface area contributed by atoms with Gasteiger partial charge in [-0.05, 0) is 54.2 Å². The first-order valence-electron chi connectivity index (χ1n) is 10.9. The van der Waals surface area contributed by atoms with E-state index in [9.17, 15) is 8.78 Å². The molecule has 0 amide bonds. The monoisotopic (exact) mass is 435 g/mol. The van der Waals surface area contributed by atoms with Crippen LogP contribution < -0.4 is 20.7 Å². The second kappa shape index (κ2) is 7.13. The lowest BCUT2D eigenvalue weighted by atomic mass is 10.0. The zero-order chi connectivity index (χ0) is 22.0. The van der Waals surface area contributed by atoms with Crippen LogP contribution in [-0.2, 0) is 6.42 Å². The van der Waals surface area contributed by atoms with Gasteiger partial charge in [-0.3, -0.25) is 0 Å². The summed E-state index contributed by atoms with van der Waals surface area (Å²) in [6.07, 6.45) is 2.47. The topological polar surface area (TPSA) is 76.3 Å². The van der Waals surface area contributed by atoms with E-state index >= 15 is 0 Å². The van der Waals surface area contributed by atoms with Gasteiger partial charge in [0.25, 0.3) is 0 Å². The molecule has 3 atom stereocenters. The fourth-order valence-electron chi connectivity index (χ4n) is 5.46. The van der Waals surface area contributed by atoms with Gasteiger partial charge in [0, 0.05) is 49.4 Å². The Hall–Kier alpha value is -3.26. The van der Waals surface area contributed by atoms with E-state index in [0.29, 0.717) is 18.1 Å². The molecule has 2 heterocycles. The van der Waals surface area contributed by atoms with Crippen molar-refractivity contribution >= 4 is 11.5 Å². The zero-order valence-corrected chi connectivity index (χ0v) is 17.6. The molecule has 3 aliphatic rings. The van der Waals surface area contributed by atoms with E-state index < -0.39 is 5.82 Å². The molecule has 2 aromatic carbocycles. The predicted molar refractivity (Wildman–Crippen MR) is 118 cm³/mol. The summed E-state index contributed by atoms with van der Waals surface area (Å²) in [4.78, 5) is 11.7. The Morgan fingerprint density at radius 1 is 1.12 bits per heavy atom. The van der Waals surface area contributed by atoms with Crippen LogP contribution in [0.5, 0.6) is 11.8 Å². The number of nitrogens with zero attached hydrogens (tertiary/aromatic N) is 3. The van der Waals surface area contributed by atoms with E-state index in [2.05, 4.69) is 15.2 Å². The van der Waals surface area contributed by atoms with Crippen molar-refractivity contribution in [1.29, 1.82) is 0 Å². The number of anilines is 2. The van der Waals surface area contributed by atoms with Gasteiger partial charge in [0.1, 0.15) is 23.2 Å². The van der Waals surface area contributed by atoms with Crippen LogP contribution in [0.3, 0.4) is 0 Å². The van der Waals surface area contributed by atoms with Crippen LogP contribution in [-0.4, -0.2) is 35.6 Å². The van der Waals surface area contributed by atoms with Crippen molar-refractivity contribution in [2.45, 2.75) is 31.3 Å². The molecule has 6 rings (SSSR count). The molecule has 1 aromatic heterocycles. The quantitative estimate of drug-likeness (QED) is 0.503. The van der Waals surface area contributed by atoms with Gasteiger partial charge in [-0.2, -0.15) is 9.97 Å². The minimum atomic E-state index is -0.392. The van der Waals surface area contributed by atoms with Gasteiger partial charge < -0.3 is 20.7 Å². The number of fused-ring (bicyclic) bond motifs is 5. The van der Waals surface area contributed by atoms with Crippen molar-refractivity contribution in [1.82, 2.24) is 9.97 Å². The fourth-order valence-corrected chi connectivity index (χ4v) is 5.46. The summed E-state index contributed by atoms with van der Waals surface area (Å²) in [7, 11) is 1.78. The number of nitrogens with two attached hydrogens (primary N) is 1. The number of rotatable bonds is 4. The Balaban J connectivity index is 1.49. The molecule has 3 N–H and O–H groups in total. The highest BCUT2D eigenvalue weighted by Gasteiger charge is 2.45. The molecular weight excluding hydrogens is 412 g/mol. The molecular formula is C24H23F2N5O. The number of hydrogen-bond donors (Lipinski definition) is 2. The molecule has 8 heteroatoms. The SMILES string of the molecule is CNc1cc(F)cc2c1Cc1nc(Oc3cccc(F)c3)nc(N3C[C@H]4CC3C[C@H]4N)c1-2. The normalized spacial score (nSPS) is 22.8. The Bertz CT molecular complexity index is 1230. The summed E-state index contributed by atoms with van der Waals surface area (Å²) in [5.41, 5.74) is 10.4. The predicted octanol–water partition coefficient (Wildman–Crippen LogP) is 4.09. The third-order valence-corrected chi connectivity index (χ3v) is 6.92. The maximum Gasteiger partial charge on any atom is 0.324 e. The molecule has 164 valence electrons. The summed E-state index contributed by atoms with van der Waals surface area (Å²) in [5, 5.41) is 3.09. The molecule has 3 aromatic rings. The molecule has 2 aliphatic carbocycles. The minimum absolute atomic E-state index is 0.163. The molecule has 1 saturated heterocycles. The summed E-state index contributed by atoms with van der Waals surface area (Å²) >= 11 is 0. The van der Waals surface area contributed by atoms with Crippen LogP contribution in [0.15, 0.2) is 36.4 Å². The first kappa shape index (κ1) is 19.4. The first-order valence-corrected chi connectivity index (χ1v) is 10.9. The van der Waals surface area contributed by atoms with Crippen LogP contribution in [0, 0.1) is 17.6 Å². The average Bonchev–Trinajstić information content (AvgIpc) is 3.44. The highest BCUT2D eigenvalue weighted by atomic mass is 19.1. The summed E-state index contributed by atoms with van der Waals surface area (Å²) in [6.45, 7) is 0.804. The van der Waals surface area contributed by atoms with Crippen molar-refractivity contribution in [2.24, 2.45) is 11.7 Å². The summed E-state index contributed by atoms with van der Waals surface area (Å²) < 4.78 is 34.0. The largest absolute Gasteiger partial charge is 0.424 e. The number of aromatic nitrogens is 2. The second-order valence-corrected chi connectivity index (χ2v) is 8.82. The number of ether oxygens (including phenoxy) is 1. The van der Waals surface area contributed by atoms with Crippen molar-refractivity contribution in [3.05, 3.63) is 59.3 Å². The lowest BCUT2D eigenvalue weighted by Crippen LogP contribution is -2.41. The number of nitrogens with one attached hydrogen (secondary N) is 1. The van der Waals surface area contributed by atoms with E-state index in [1.165, 1.54) is 18.2 Å². The Morgan fingerprint density at radius 2 is 2.00 bits per heavy atom. The standard InChI is InChI=1S/C24H23F2N5O/c1-28-20-8-14(26)7-18-17(20)10-21-22(18)23(31-11-12-5-15(31)9-19(12)27)30-24(29-21)32-16-4-2-3-13(25)6-16/h2-4,6-8,12,15,19,28H,5,9-11,27H2,1H3/t12-,15?,19-/m1/s1. The van der Waals surface area contributed by atoms with Crippen LogP contribution in [0.4, 0.5) is 20.3 Å². The summed E-state index contributed by atoms with van der Waals surface area (Å²) in [5.74, 6) is 0.790. The molecule has 0 spiro atoms. The van der Waals surface area contributed by atoms with Gasteiger partial charge in [-0.1, -0.05) is 6.07 Å². The third kappa shape index (κ3) is 3.01.